The molecule has 0 spiro atoms. The van der Waals surface area contributed by atoms with E-state index >= 15 is 0 Å². The van der Waals surface area contributed by atoms with Gasteiger partial charge in [0.15, 0.2) is 11.3 Å². The number of carbonyl (C=O) groups excluding carboxylic acids is 5. The van der Waals surface area contributed by atoms with Crippen LogP contribution in [0.25, 0.3) is 5.65 Å². The van der Waals surface area contributed by atoms with Crippen LogP contribution < -0.4 is 20.9 Å². The molecule has 5 aliphatic rings. The Labute approximate surface area is 330 Å². The quantitative estimate of drug-likeness (QED) is 0.131. The van der Waals surface area contributed by atoms with Crippen LogP contribution in [-0.2, 0) is 19.1 Å². The van der Waals surface area contributed by atoms with E-state index in [1.54, 1.807) is 29.1 Å². The van der Waals surface area contributed by atoms with Gasteiger partial charge in [-0.05, 0) is 69.1 Å². The highest BCUT2D eigenvalue weighted by Gasteiger charge is 2.46. The first-order chi connectivity index (χ1) is 28.1. The Balaban J connectivity index is 0.745. The summed E-state index contributed by atoms with van der Waals surface area (Å²) >= 11 is 0. The maximum Gasteiger partial charge on any atom is 0.284 e. The van der Waals surface area contributed by atoms with E-state index in [1.165, 1.54) is 16.9 Å². The summed E-state index contributed by atoms with van der Waals surface area (Å²) in [4.78, 5) is 71.7. The van der Waals surface area contributed by atoms with E-state index < -0.39 is 47.7 Å². The summed E-state index contributed by atoms with van der Waals surface area (Å²) in [6, 6.07) is 5.86. The number of carbonyl (C=O) groups is 5. The molecule has 3 saturated heterocycles. The zero-order chi connectivity index (χ0) is 40.1. The van der Waals surface area contributed by atoms with Crippen molar-refractivity contribution in [3.63, 3.8) is 0 Å². The van der Waals surface area contributed by atoms with Crippen LogP contribution in [0, 0.1) is 5.92 Å². The predicted molar refractivity (Wildman–Crippen MR) is 202 cm³/mol. The summed E-state index contributed by atoms with van der Waals surface area (Å²) in [6.07, 6.45) is 6.60. The van der Waals surface area contributed by atoms with E-state index in [-0.39, 0.29) is 59.3 Å². The number of nitrogens with one attached hydrogen (secondary N) is 3. The van der Waals surface area contributed by atoms with E-state index in [2.05, 4.69) is 31.0 Å². The SMILES string of the molecule is O=C1CCC(N2C(=O)c3cccc(NCCCOC[C@H]4CC[C@H](n5cc(NC(=O)c6cnn7ccc(N8C[C@H]9C[C@@H]8CO9)nc67)c(C(F)F)n5)CC4)c3C2=O)C(=O)N1. The summed E-state index contributed by atoms with van der Waals surface area (Å²) in [6.45, 7) is 2.81. The zero-order valence-electron chi connectivity index (χ0n) is 31.4. The molecular formula is C39H42F2N10O7. The molecule has 5 amide bonds. The number of anilines is 3. The number of piperidine rings is 1. The van der Waals surface area contributed by atoms with Crippen LogP contribution >= 0.6 is 0 Å². The number of ether oxygens (including phenoxy) is 2. The van der Waals surface area contributed by atoms with Gasteiger partial charge in [-0.25, -0.2) is 18.3 Å². The Bertz CT molecular complexity index is 2290. The van der Waals surface area contributed by atoms with E-state index in [1.807, 2.05) is 6.07 Å². The van der Waals surface area contributed by atoms with Gasteiger partial charge < -0.3 is 25.0 Å². The minimum absolute atomic E-state index is 0.0488. The molecule has 4 aliphatic heterocycles. The number of nitrogens with zero attached hydrogens (tertiary/aromatic N) is 7. The predicted octanol–water partition coefficient (Wildman–Crippen LogP) is 3.74. The third-order valence-electron chi connectivity index (χ3n) is 11.8. The molecule has 3 atom stereocenters. The highest BCUT2D eigenvalue weighted by atomic mass is 19.3. The molecule has 9 rings (SSSR count). The fourth-order valence-corrected chi connectivity index (χ4v) is 8.79. The standard InChI is InChI=1S/C39H42F2N10O7/c40-34(41)33-28(44-36(53)26-16-43-49-13-11-30(45-35(26)49)48-17-24-15-23(48)20-58-24)18-50(47-33)22-7-5-21(6-8-22)19-57-14-2-12-42-27-4-1-3-25-32(27)39(56)51(38(25)55)29-9-10-31(52)46-37(29)54/h1,3-4,11,13,16,18,21-24,29,34,42H,2,5-10,12,14-15,17,19-20H2,(H,44,53)(H,46,52,54)/t21-,22-,23-,24-,29?/m1/s1. The number of alkyl halides is 2. The van der Waals surface area contributed by atoms with E-state index in [0.717, 1.165) is 30.7 Å². The van der Waals surface area contributed by atoms with E-state index in [9.17, 15) is 32.8 Å². The molecule has 58 heavy (non-hydrogen) atoms. The fraction of sp³-hybridized carbons (Fsp3) is 0.487. The van der Waals surface area contributed by atoms with Crippen molar-refractivity contribution in [2.24, 2.45) is 5.92 Å². The van der Waals surface area contributed by atoms with Gasteiger partial charge >= 0.3 is 0 Å². The van der Waals surface area contributed by atoms with Gasteiger partial charge in [0.25, 0.3) is 24.1 Å². The monoisotopic (exact) mass is 800 g/mol. The Morgan fingerprint density at radius 1 is 1.03 bits per heavy atom. The Morgan fingerprint density at radius 2 is 1.88 bits per heavy atom. The average Bonchev–Trinajstić information content (AvgIpc) is 4.06. The number of fused-ring (bicyclic) bond motifs is 4. The summed E-state index contributed by atoms with van der Waals surface area (Å²) < 4.78 is 43.1. The minimum Gasteiger partial charge on any atom is -0.384 e. The molecule has 4 fully saturated rings. The molecule has 1 unspecified atom stereocenters. The molecule has 304 valence electrons. The van der Waals surface area contributed by atoms with Crippen LogP contribution in [0.3, 0.4) is 0 Å². The van der Waals surface area contributed by atoms with Gasteiger partial charge in [-0.3, -0.25) is 38.9 Å². The maximum atomic E-state index is 14.2. The third kappa shape index (κ3) is 7.05. The zero-order valence-corrected chi connectivity index (χ0v) is 31.4. The third-order valence-corrected chi connectivity index (χ3v) is 11.8. The number of hydrogen-bond acceptors (Lipinski definition) is 12. The van der Waals surface area contributed by atoms with Crippen LogP contribution in [-0.4, -0.2) is 110 Å². The van der Waals surface area contributed by atoms with Gasteiger partial charge in [-0.2, -0.15) is 10.2 Å². The molecule has 17 nitrogen and oxygen atoms in total. The van der Waals surface area contributed by atoms with Gasteiger partial charge in [0.05, 0.1) is 47.8 Å². The van der Waals surface area contributed by atoms with Gasteiger partial charge in [-0.15, -0.1) is 0 Å². The molecule has 7 heterocycles. The first-order valence-electron chi connectivity index (χ1n) is 19.7. The minimum atomic E-state index is -2.89. The van der Waals surface area contributed by atoms with Crippen molar-refractivity contribution in [3.05, 3.63) is 65.2 Å². The molecule has 1 aliphatic carbocycles. The number of hydrogen-bond donors (Lipinski definition) is 3. The van der Waals surface area contributed by atoms with Gasteiger partial charge in [0.1, 0.15) is 17.4 Å². The lowest BCUT2D eigenvalue weighted by Gasteiger charge is -2.28. The molecule has 4 aromatic rings. The summed E-state index contributed by atoms with van der Waals surface area (Å²) in [5, 5.41) is 16.5. The van der Waals surface area contributed by atoms with E-state index in [0.29, 0.717) is 62.8 Å². The number of amides is 5. The molecule has 3 aromatic heterocycles. The number of imide groups is 2. The number of benzene rings is 1. The van der Waals surface area contributed by atoms with Crippen LogP contribution in [0.1, 0.15) is 101 Å². The van der Waals surface area contributed by atoms with Crippen molar-refractivity contribution in [2.45, 2.75) is 82.0 Å². The lowest BCUT2D eigenvalue weighted by Crippen LogP contribution is -2.54. The first-order valence-corrected chi connectivity index (χ1v) is 19.7. The summed E-state index contributed by atoms with van der Waals surface area (Å²) in [7, 11) is 0. The second kappa shape index (κ2) is 15.5. The molecule has 0 radical (unpaired) electrons. The molecule has 2 bridgehead atoms. The normalized spacial score (nSPS) is 24.3. The van der Waals surface area contributed by atoms with Crippen molar-refractivity contribution in [1.82, 2.24) is 34.6 Å². The molecule has 19 heteroatoms. The highest BCUT2D eigenvalue weighted by molar-refractivity contribution is 6.25. The topological polar surface area (TPSA) is 194 Å². The smallest absolute Gasteiger partial charge is 0.284 e. The Hall–Kier alpha value is -5.82. The van der Waals surface area contributed by atoms with Crippen LogP contribution in [0.5, 0.6) is 0 Å². The second-order valence-corrected chi connectivity index (χ2v) is 15.5. The van der Waals surface area contributed by atoms with Crippen LogP contribution in [0.2, 0.25) is 0 Å². The maximum absolute atomic E-state index is 14.2. The van der Waals surface area contributed by atoms with Crippen molar-refractivity contribution in [3.8, 4) is 0 Å². The first kappa shape index (κ1) is 37.7. The lowest BCUT2D eigenvalue weighted by molar-refractivity contribution is -0.136. The van der Waals surface area contributed by atoms with Gasteiger partial charge in [0.2, 0.25) is 11.8 Å². The van der Waals surface area contributed by atoms with Crippen LogP contribution in [0.15, 0.2) is 42.9 Å². The van der Waals surface area contributed by atoms with Crippen molar-refractivity contribution < 1.29 is 42.2 Å². The average molecular weight is 801 g/mol. The second-order valence-electron chi connectivity index (χ2n) is 15.5. The molecule has 1 saturated carbocycles. The van der Waals surface area contributed by atoms with Crippen molar-refractivity contribution in [2.75, 3.05) is 48.4 Å². The van der Waals surface area contributed by atoms with Gasteiger partial charge in [0, 0.05) is 50.8 Å². The lowest BCUT2D eigenvalue weighted by atomic mass is 9.86. The molecular weight excluding hydrogens is 758 g/mol. The van der Waals surface area contributed by atoms with Crippen molar-refractivity contribution >= 4 is 52.4 Å². The summed E-state index contributed by atoms with van der Waals surface area (Å²) in [5.74, 6) is -1.82. The van der Waals surface area contributed by atoms with Gasteiger partial charge in [-0.1, -0.05) is 6.07 Å². The highest BCUT2D eigenvalue weighted by Crippen LogP contribution is 2.36. The summed E-state index contributed by atoms with van der Waals surface area (Å²) in [5.41, 5.74) is 0.863. The fourth-order valence-electron chi connectivity index (χ4n) is 8.79. The molecule has 1 aromatic carbocycles. The Kier molecular flexibility index (Phi) is 10.1. The number of aromatic nitrogens is 5. The molecule has 3 N–H and O–H groups in total. The largest absolute Gasteiger partial charge is 0.384 e. The number of morpholine rings is 1. The Morgan fingerprint density at radius 3 is 2.64 bits per heavy atom. The number of rotatable bonds is 13. The van der Waals surface area contributed by atoms with E-state index in [4.69, 9.17) is 14.5 Å². The van der Waals surface area contributed by atoms with Crippen LogP contribution in [0.4, 0.5) is 26.0 Å². The van der Waals surface area contributed by atoms with Crippen molar-refractivity contribution in [1.29, 1.82) is 0 Å². The number of halogens is 2.